The van der Waals surface area contributed by atoms with Crippen LogP contribution in [-0.4, -0.2) is 35.2 Å². The van der Waals surface area contributed by atoms with Gasteiger partial charge in [0.1, 0.15) is 5.75 Å². The predicted octanol–water partition coefficient (Wildman–Crippen LogP) is 2.81. The molecule has 3 rings (SSSR count). The van der Waals surface area contributed by atoms with Crippen LogP contribution in [0.4, 0.5) is 5.69 Å². The lowest BCUT2D eigenvalue weighted by atomic mass is 10.1. The third-order valence-electron chi connectivity index (χ3n) is 4.58. The van der Waals surface area contributed by atoms with Crippen LogP contribution in [0.1, 0.15) is 12.0 Å². The molecule has 0 aromatic heterocycles. The van der Waals surface area contributed by atoms with Crippen molar-refractivity contribution in [3.05, 3.63) is 54.1 Å². The summed E-state index contributed by atoms with van der Waals surface area (Å²) in [7, 11) is -1.93. The van der Waals surface area contributed by atoms with Crippen LogP contribution in [0.2, 0.25) is 0 Å². The van der Waals surface area contributed by atoms with Gasteiger partial charge in [0.15, 0.2) is 0 Å². The number of methoxy groups -OCH3 is 1. The van der Waals surface area contributed by atoms with Gasteiger partial charge in [-0.25, -0.2) is 13.1 Å². The van der Waals surface area contributed by atoms with Crippen molar-refractivity contribution in [2.75, 3.05) is 31.6 Å². The van der Waals surface area contributed by atoms with Crippen molar-refractivity contribution >= 4 is 15.7 Å². The van der Waals surface area contributed by atoms with Crippen LogP contribution in [0.15, 0.2) is 53.4 Å². The molecule has 1 aliphatic heterocycles. The molecule has 1 fully saturated rings. The number of hydrogen-bond acceptors (Lipinski definition) is 4. The highest BCUT2D eigenvalue weighted by Gasteiger charge is 2.24. The molecular formula is C19H24N2O3S. The molecule has 134 valence electrons. The number of benzene rings is 2. The van der Waals surface area contributed by atoms with Crippen LogP contribution in [0.5, 0.6) is 5.75 Å². The van der Waals surface area contributed by atoms with Gasteiger partial charge in [0.05, 0.1) is 12.0 Å². The van der Waals surface area contributed by atoms with E-state index in [2.05, 4.69) is 40.8 Å². The normalized spacial score (nSPS) is 17.7. The molecule has 1 heterocycles. The molecule has 25 heavy (non-hydrogen) atoms. The van der Waals surface area contributed by atoms with Gasteiger partial charge >= 0.3 is 0 Å². The van der Waals surface area contributed by atoms with Crippen LogP contribution in [-0.2, 0) is 10.0 Å². The SMILES string of the molecule is COc1ccc(S(=O)(=O)NCC2CCN(c3cccc(C)c3)C2)cc1. The van der Waals surface area contributed by atoms with E-state index in [0.717, 1.165) is 19.5 Å². The third kappa shape index (κ3) is 4.32. The van der Waals surface area contributed by atoms with Gasteiger partial charge in [0.25, 0.3) is 0 Å². The van der Waals surface area contributed by atoms with E-state index in [4.69, 9.17) is 4.74 Å². The molecule has 0 bridgehead atoms. The van der Waals surface area contributed by atoms with Crippen LogP contribution < -0.4 is 14.4 Å². The lowest BCUT2D eigenvalue weighted by Gasteiger charge is -2.19. The Bertz CT molecular complexity index is 819. The number of sulfonamides is 1. The minimum Gasteiger partial charge on any atom is -0.497 e. The van der Waals surface area contributed by atoms with Gasteiger partial charge in [-0.3, -0.25) is 0 Å². The Hall–Kier alpha value is -2.05. The van der Waals surface area contributed by atoms with Crippen molar-refractivity contribution in [3.63, 3.8) is 0 Å². The van der Waals surface area contributed by atoms with Crippen LogP contribution in [0.3, 0.4) is 0 Å². The number of rotatable bonds is 6. The zero-order valence-corrected chi connectivity index (χ0v) is 15.4. The fourth-order valence-electron chi connectivity index (χ4n) is 3.12. The minimum absolute atomic E-state index is 0.266. The molecule has 1 atom stereocenters. The van der Waals surface area contributed by atoms with Gasteiger partial charge in [-0.1, -0.05) is 12.1 Å². The Labute approximate surface area is 149 Å². The highest BCUT2D eigenvalue weighted by atomic mass is 32.2. The quantitative estimate of drug-likeness (QED) is 0.861. The number of ether oxygens (including phenoxy) is 1. The molecule has 2 aromatic carbocycles. The van der Waals surface area contributed by atoms with E-state index in [0.29, 0.717) is 18.2 Å². The number of nitrogens with one attached hydrogen (secondary N) is 1. The highest BCUT2D eigenvalue weighted by molar-refractivity contribution is 7.89. The van der Waals surface area contributed by atoms with E-state index in [1.807, 2.05) is 0 Å². The molecular weight excluding hydrogens is 336 g/mol. The van der Waals surface area contributed by atoms with Crippen LogP contribution in [0.25, 0.3) is 0 Å². The molecule has 1 N–H and O–H groups in total. The second-order valence-corrected chi connectivity index (χ2v) is 8.23. The topological polar surface area (TPSA) is 58.6 Å². The summed E-state index contributed by atoms with van der Waals surface area (Å²) in [5.41, 5.74) is 2.45. The highest BCUT2D eigenvalue weighted by Crippen LogP contribution is 2.24. The zero-order chi connectivity index (χ0) is 17.9. The molecule has 2 aromatic rings. The molecule has 1 aliphatic rings. The van der Waals surface area contributed by atoms with Gasteiger partial charge < -0.3 is 9.64 Å². The lowest BCUT2D eigenvalue weighted by molar-refractivity contribution is 0.414. The van der Waals surface area contributed by atoms with Crippen LogP contribution >= 0.6 is 0 Å². The van der Waals surface area contributed by atoms with Gasteiger partial charge in [-0.15, -0.1) is 0 Å². The van der Waals surface area contributed by atoms with Gasteiger partial charge in [0.2, 0.25) is 10.0 Å². The van der Waals surface area contributed by atoms with E-state index in [1.54, 1.807) is 31.4 Å². The van der Waals surface area contributed by atoms with E-state index >= 15 is 0 Å². The van der Waals surface area contributed by atoms with E-state index in [1.165, 1.54) is 11.3 Å². The predicted molar refractivity (Wildman–Crippen MR) is 99.7 cm³/mol. The fourth-order valence-corrected chi connectivity index (χ4v) is 4.24. The molecule has 1 unspecified atom stereocenters. The van der Waals surface area contributed by atoms with E-state index in [9.17, 15) is 8.42 Å². The first-order chi connectivity index (χ1) is 12.0. The van der Waals surface area contributed by atoms with Crippen molar-refractivity contribution in [2.24, 2.45) is 5.92 Å². The number of hydrogen-bond donors (Lipinski definition) is 1. The van der Waals surface area contributed by atoms with Crippen molar-refractivity contribution in [3.8, 4) is 5.75 Å². The van der Waals surface area contributed by atoms with Gasteiger partial charge in [-0.05, 0) is 61.2 Å². The van der Waals surface area contributed by atoms with Gasteiger partial charge in [-0.2, -0.15) is 0 Å². The van der Waals surface area contributed by atoms with E-state index < -0.39 is 10.0 Å². The van der Waals surface area contributed by atoms with Crippen molar-refractivity contribution in [2.45, 2.75) is 18.2 Å². The third-order valence-corrected chi connectivity index (χ3v) is 6.02. The maximum Gasteiger partial charge on any atom is 0.240 e. The Morgan fingerprint density at radius 2 is 1.96 bits per heavy atom. The summed E-state index contributed by atoms with van der Waals surface area (Å²) < 4.78 is 32.6. The number of nitrogens with zero attached hydrogens (tertiary/aromatic N) is 1. The Morgan fingerprint density at radius 3 is 2.64 bits per heavy atom. The Morgan fingerprint density at radius 1 is 1.20 bits per heavy atom. The van der Waals surface area contributed by atoms with Crippen molar-refractivity contribution < 1.29 is 13.2 Å². The largest absolute Gasteiger partial charge is 0.497 e. The minimum atomic E-state index is -3.49. The molecule has 5 nitrogen and oxygen atoms in total. The summed E-state index contributed by atoms with van der Waals surface area (Å²) in [4.78, 5) is 2.58. The summed E-state index contributed by atoms with van der Waals surface area (Å²) in [6.07, 6.45) is 0.985. The van der Waals surface area contributed by atoms with Crippen molar-refractivity contribution in [1.82, 2.24) is 4.72 Å². The Balaban J connectivity index is 1.58. The van der Waals surface area contributed by atoms with E-state index in [-0.39, 0.29) is 4.90 Å². The molecule has 0 radical (unpaired) electrons. The average Bonchev–Trinajstić information content (AvgIpc) is 3.09. The second-order valence-electron chi connectivity index (χ2n) is 6.47. The summed E-state index contributed by atoms with van der Waals surface area (Å²) in [6.45, 7) is 4.36. The fraction of sp³-hybridized carbons (Fsp3) is 0.368. The molecule has 0 amide bonds. The summed E-state index contributed by atoms with van der Waals surface area (Å²) in [5, 5.41) is 0. The second kappa shape index (κ2) is 7.45. The lowest BCUT2D eigenvalue weighted by Crippen LogP contribution is -2.31. The average molecular weight is 360 g/mol. The molecule has 1 saturated heterocycles. The zero-order valence-electron chi connectivity index (χ0n) is 14.6. The smallest absolute Gasteiger partial charge is 0.240 e. The summed E-state index contributed by atoms with van der Waals surface area (Å²) >= 11 is 0. The first kappa shape index (κ1) is 17.8. The number of anilines is 1. The molecule has 6 heteroatoms. The monoisotopic (exact) mass is 360 g/mol. The standard InChI is InChI=1S/C19H24N2O3S/c1-15-4-3-5-17(12-15)21-11-10-16(14-21)13-20-25(22,23)19-8-6-18(24-2)7-9-19/h3-9,12,16,20H,10-11,13-14H2,1-2H3. The van der Waals surface area contributed by atoms with Crippen molar-refractivity contribution in [1.29, 1.82) is 0 Å². The molecule has 0 spiro atoms. The summed E-state index contributed by atoms with van der Waals surface area (Å²) in [6, 6.07) is 14.9. The Kier molecular flexibility index (Phi) is 5.30. The number of aryl methyl sites for hydroxylation is 1. The van der Waals surface area contributed by atoms with Crippen LogP contribution in [0, 0.1) is 12.8 Å². The first-order valence-corrected chi connectivity index (χ1v) is 9.91. The maximum absolute atomic E-state index is 12.4. The maximum atomic E-state index is 12.4. The van der Waals surface area contributed by atoms with Gasteiger partial charge in [0, 0.05) is 25.3 Å². The first-order valence-electron chi connectivity index (χ1n) is 8.43. The summed E-state index contributed by atoms with van der Waals surface area (Å²) in [5.74, 6) is 0.956. The molecule has 0 saturated carbocycles. The molecule has 0 aliphatic carbocycles.